The van der Waals surface area contributed by atoms with E-state index in [1.165, 1.54) is 22.2 Å². The Morgan fingerprint density at radius 2 is 1.76 bits per heavy atom. The van der Waals surface area contributed by atoms with Crippen LogP contribution in [0.3, 0.4) is 0 Å². The van der Waals surface area contributed by atoms with Crippen molar-refractivity contribution in [2.75, 3.05) is 12.4 Å². The number of aryl methyl sites for hydroxylation is 1. The summed E-state index contributed by atoms with van der Waals surface area (Å²) in [5.74, 6) is 0.298. The van der Waals surface area contributed by atoms with Gasteiger partial charge in [0.25, 0.3) is 5.91 Å². The van der Waals surface area contributed by atoms with E-state index in [2.05, 4.69) is 22.5 Å². The largest absolute Gasteiger partial charge is 0.496 e. The molecule has 0 radical (unpaired) electrons. The smallest absolute Gasteiger partial charge is 0.259 e. The molecular weight excluding hydrogens is 550 g/mol. The Labute approximate surface area is 249 Å². The number of hydrogen-bond donors (Lipinski definition) is 2. The maximum atomic E-state index is 13.7. The molecule has 216 valence electrons. The summed E-state index contributed by atoms with van der Waals surface area (Å²) < 4.78 is 5.36. The van der Waals surface area contributed by atoms with Gasteiger partial charge in [-0.05, 0) is 48.7 Å². The summed E-state index contributed by atoms with van der Waals surface area (Å²) in [6.45, 7) is 4.27. The maximum absolute atomic E-state index is 13.7. The third-order valence-electron chi connectivity index (χ3n) is 7.14. The van der Waals surface area contributed by atoms with E-state index in [0.29, 0.717) is 40.1 Å². The predicted octanol–water partition coefficient (Wildman–Crippen LogP) is 5.07. The third-order valence-corrected chi connectivity index (χ3v) is 8.45. The van der Waals surface area contributed by atoms with Gasteiger partial charge in [0.1, 0.15) is 17.6 Å². The Balaban J connectivity index is 1.32. The number of carbonyl (C=O) groups is 3. The lowest BCUT2D eigenvalue weighted by Gasteiger charge is -2.27. The molecule has 3 amide bonds. The minimum atomic E-state index is -0.902. The van der Waals surface area contributed by atoms with Crippen LogP contribution in [0.5, 0.6) is 5.75 Å². The zero-order chi connectivity index (χ0) is 29.6. The highest BCUT2D eigenvalue weighted by molar-refractivity contribution is 8.15. The zero-order valence-corrected chi connectivity index (χ0v) is 24.6. The van der Waals surface area contributed by atoms with Crippen molar-refractivity contribution in [3.8, 4) is 5.75 Å². The van der Waals surface area contributed by atoms with Gasteiger partial charge in [-0.25, -0.2) is 9.89 Å². The van der Waals surface area contributed by atoms with E-state index in [-0.39, 0.29) is 30.7 Å². The predicted molar refractivity (Wildman–Crippen MR) is 166 cm³/mol. The van der Waals surface area contributed by atoms with E-state index in [0.717, 1.165) is 12.0 Å². The first-order chi connectivity index (χ1) is 20.4. The Kier molecular flexibility index (Phi) is 9.02. The standard InChI is InChI=1S/C32H33N5O4S/c1-4-20-14-16-22(17-15-20)34-30(39)27(5-2)42-32-36-24-12-8-7-11-23(24)29-35-25(31(40)37(29)32)18-28(38)33-19-21-10-6-9-13-26(21)41-3/h6-17,25,27H,4-5,18-19H2,1-3H3,(H,33,38)(H,34,39)/t25-,27-/m1/s1. The number of anilines is 1. The van der Waals surface area contributed by atoms with Crippen molar-refractivity contribution < 1.29 is 19.1 Å². The second-order valence-electron chi connectivity index (χ2n) is 9.90. The fourth-order valence-corrected chi connectivity index (χ4v) is 5.82. The van der Waals surface area contributed by atoms with Crippen LogP contribution in [0.1, 0.15) is 43.4 Å². The monoisotopic (exact) mass is 583 g/mol. The SMILES string of the molecule is CCc1ccc(NC(=O)[C@@H](CC)SC2=Nc3ccccc3C3=N[C@H](CC(=O)NCc4ccccc4OC)C(=O)N23)cc1. The molecule has 0 saturated carbocycles. The molecule has 3 aromatic rings. The molecule has 2 atom stereocenters. The Hall–Kier alpha value is -4.44. The van der Waals surface area contributed by atoms with Gasteiger partial charge in [0.2, 0.25) is 11.8 Å². The fourth-order valence-electron chi connectivity index (χ4n) is 4.80. The molecule has 0 bridgehead atoms. The lowest BCUT2D eigenvalue weighted by molar-refractivity contribution is -0.128. The molecule has 0 aliphatic carbocycles. The van der Waals surface area contributed by atoms with Crippen LogP contribution in [0, 0.1) is 0 Å². The minimum absolute atomic E-state index is 0.112. The second kappa shape index (κ2) is 13.0. The summed E-state index contributed by atoms with van der Waals surface area (Å²) in [5, 5.41) is 5.73. The summed E-state index contributed by atoms with van der Waals surface area (Å²) >= 11 is 1.22. The molecule has 0 spiro atoms. The van der Waals surface area contributed by atoms with Crippen LogP contribution in [-0.2, 0) is 27.3 Å². The number of rotatable bonds is 10. The molecule has 0 saturated heterocycles. The number of fused-ring (bicyclic) bond motifs is 3. The average Bonchev–Trinajstić information content (AvgIpc) is 3.34. The average molecular weight is 584 g/mol. The first-order valence-corrected chi connectivity index (χ1v) is 14.8. The highest BCUT2D eigenvalue weighted by Crippen LogP contribution is 2.36. The second-order valence-corrected chi connectivity index (χ2v) is 11.1. The molecular formula is C32H33N5O4S. The molecule has 0 unspecified atom stereocenters. The summed E-state index contributed by atoms with van der Waals surface area (Å²) in [6, 6.07) is 21.7. The number of nitrogens with one attached hydrogen (secondary N) is 2. The first kappa shape index (κ1) is 29.1. The fraction of sp³-hybridized carbons (Fsp3) is 0.281. The van der Waals surface area contributed by atoms with E-state index in [1.54, 1.807) is 7.11 Å². The van der Waals surface area contributed by atoms with Crippen molar-refractivity contribution in [2.45, 2.75) is 50.9 Å². The topological polar surface area (TPSA) is 112 Å². The van der Waals surface area contributed by atoms with E-state index in [4.69, 9.17) is 9.73 Å². The summed E-state index contributed by atoms with van der Waals surface area (Å²) in [5.41, 5.74) is 4.10. The minimum Gasteiger partial charge on any atom is -0.496 e. The highest BCUT2D eigenvalue weighted by atomic mass is 32.2. The number of nitrogens with zero attached hydrogens (tertiary/aromatic N) is 3. The van der Waals surface area contributed by atoms with Gasteiger partial charge in [-0.15, -0.1) is 0 Å². The van der Waals surface area contributed by atoms with Crippen molar-refractivity contribution >= 4 is 51.9 Å². The van der Waals surface area contributed by atoms with Crippen LogP contribution in [0.4, 0.5) is 11.4 Å². The molecule has 2 heterocycles. The molecule has 3 aromatic carbocycles. The van der Waals surface area contributed by atoms with Gasteiger partial charge in [-0.3, -0.25) is 19.4 Å². The van der Waals surface area contributed by atoms with Crippen LogP contribution in [0.15, 0.2) is 82.8 Å². The summed E-state index contributed by atoms with van der Waals surface area (Å²) in [4.78, 5) is 50.7. The van der Waals surface area contributed by atoms with Crippen LogP contribution >= 0.6 is 11.8 Å². The first-order valence-electron chi connectivity index (χ1n) is 14.0. The van der Waals surface area contributed by atoms with Gasteiger partial charge in [-0.2, -0.15) is 0 Å². The van der Waals surface area contributed by atoms with E-state index >= 15 is 0 Å². The normalized spacial score (nSPS) is 16.1. The van der Waals surface area contributed by atoms with Crippen molar-refractivity contribution in [2.24, 2.45) is 9.98 Å². The molecule has 2 aliphatic heterocycles. The lowest BCUT2D eigenvalue weighted by Crippen LogP contribution is -2.43. The van der Waals surface area contributed by atoms with Gasteiger partial charge in [0.05, 0.1) is 24.5 Å². The number of benzene rings is 3. The molecule has 42 heavy (non-hydrogen) atoms. The van der Waals surface area contributed by atoms with Crippen LogP contribution in [0.2, 0.25) is 0 Å². The zero-order valence-electron chi connectivity index (χ0n) is 23.8. The van der Waals surface area contributed by atoms with Crippen molar-refractivity contribution in [3.05, 3.63) is 89.5 Å². The number of para-hydroxylation sites is 2. The van der Waals surface area contributed by atoms with Crippen LogP contribution in [0.25, 0.3) is 0 Å². The Morgan fingerprint density at radius 3 is 2.50 bits per heavy atom. The van der Waals surface area contributed by atoms with Crippen LogP contribution in [-0.4, -0.2) is 52.0 Å². The van der Waals surface area contributed by atoms with Gasteiger partial charge in [0, 0.05) is 23.4 Å². The molecule has 2 N–H and O–H groups in total. The highest BCUT2D eigenvalue weighted by Gasteiger charge is 2.43. The third kappa shape index (κ3) is 6.23. The number of thioether (sulfide) groups is 1. The van der Waals surface area contributed by atoms with Crippen molar-refractivity contribution in [1.82, 2.24) is 10.2 Å². The number of ether oxygens (including phenoxy) is 1. The summed E-state index contributed by atoms with van der Waals surface area (Å²) in [7, 11) is 1.58. The van der Waals surface area contributed by atoms with Gasteiger partial charge in [0.15, 0.2) is 5.17 Å². The number of carbonyl (C=O) groups excluding carboxylic acids is 3. The summed E-state index contributed by atoms with van der Waals surface area (Å²) in [6.07, 6.45) is 1.33. The van der Waals surface area contributed by atoms with E-state index < -0.39 is 11.3 Å². The van der Waals surface area contributed by atoms with E-state index in [1.807, 2.05) is 79.7 Å². The van der Waals surface area contributed by atoms with Gasteiger partial charge in [-0.1, -0.05) is 68.1 Å². The number of methoxy groups -OCH3 is 1. The molecule has 5 rings (SSSR count). The molecule has 2 aliphatic rings. The number of aliphatic imine (C=N–C) groups is 2. The molecule has 0 fully saturated rings. The van der Waals surface area contributed by atoms with E-state index in [9.17, 15) is 14.4 Å². The number of amides is 3. The van der Waals surface area contributed by atoms with Gasteiger partial charge < -0.3 is 15.4 Å². The maximum Gasteiger partial charge on any atom is 0.259 e. The Morgan fingerprint density at radius 1 is 1.02 bits per heavy atom. The van der Waals surface area contributed by atoms with Crippen molar-refractivity contribution in [1.29, 1.82) is 0 Å². The van der Waals surface area contributed by atoms with Gasteiger partial charge >= 0.3 is 0 Å². The molecule has 9 nitrogen and oxygen atoms in total. The lowest BCUT2D eigenvalue weighted by atomic mass is 10.1. The number of amidine groups is 2. The number of hydrogen-bond acceptors (Lipinski definition) is 7. The quantitative estimate of drug-likeness (QED) is 0.346. The molecule has 10 heteroatoms. The van der Waals surface area contributed by atoms with Crippen molar-refractivity contribution in [3.63, 3.8) is 0 Å². The Bertz CT molecular complexity index is 1550. The molecule has 0 aromatic heterocycles. The van der Waals surface area contributed by atoms with Crippen LogP contribution < -0.4 is 15.4 Å².